The largest absolute Gasteiger partial charge is 0.483 e. The highest BCUT2D eigenvalue weighted by Crippen LogP contribution is 2.28. The third-order valence-electron chi connectivity index (χ3n) is 4.77. The summed E-state index contributed by atoms with van der Waals surface area (Å²) in [5.74, 6) is 1.40. The molecule has 0 fully saturated rings. The second-order valence-electron chi connectivity index (χ2n) is 7.34. The number of benzene rings is 2. The molecule has 4 rings (SSSR count). The molecule has 180 valence electrons. The van der Waals surface area contributed by atoms with Gasteiger partial charge in [-0.05, 0) is 43.3 Å². The van der Waals surface area contributed by atoms with Crippen molar-refractivity contribution in [1.29, 1.82) is 0 Å². The van der Waals surface area contributed by atoms with Crippen LogP contribution < -0.4 is 10.1 Å². The first kappa shape index (κ1) is 25.6. The lowest BCUT2D eigenvalue weighted by atomic mass is 10.2. The van der Waals surface area contributed by atoms with Crippen LogP contribution in [-0.4, -0.2) is 31.4 Å². The molecule has 1 amide bonds. The predicted octanol–water partition coefficient (Wildman–Crippen LogP) is 6.98. The molecule has 0 bridgehead atoms. The number of aromatic nitrogens is 4. The zero-order valence-electron chi connectivity index (χ0n) is 18.6. The first-order valence-electron chi connectivity index (χ1n) is 10.5. The number of anilines is 1. The molecule has 0 saturated carbocycles. The number of nitrogens with zero attached hydrogens (tertiary/aromatic N) is 4. The fourth-order valence-corrected chi connectivity index (χ4v) is 5.17. The number of carbonyl (C=O) groups is 1. The van der Waals surface area contributed by atoms with Crippen LogP contribution in [0.2, 0.25) is 0 Å². The van der Waals surface area contributed by atoms with Gasteiger partial charge in [-0.2, -0.15) is 0 Å². The van der Waals surface area contributed by atoms with E-state index in [1.165, 1.54) is 23.1 Å². The highest BCUT2D eigenvalue weighted by molar-refractivity contribution is 9.10. The predicted molar refractivity (Wildman–Crippen MR) is 148 cm³/mol. The Morgan fingerprint density at radius 2 is 1.86 bits per heavy atom. The lowest BCUT2D eigenvalue weighted by molar-refractivity contribution is -0.113. The Bertz CT molecular complexity index is 1310. The SMILES string of the molecule is C=CCn1c(SCC(=O)Nc2nc(-c3ccc(Br)cc3)cs2)nnc1C(C)Oc1ccc(Br)cc1. The normalized spacial score (nSPS) is 11.7. The molecule has 0 aliphatic heterocycles. The first-order chi connectivity index (χ1) is 16.9. The highest BCUT2D eigenvalue weighted by Gasteiger charge is 2.20. The van der Waals surface area contributed by atoms with E-state index in [0.29, 0.717) is 22.7 Å². The average Bonchev–Trinajstić information content (AvgIpc) is 3.47. The number of hydrogen-bond acceptors (Lipinski definition) is 7. The van der Waals surface area contributed by atoms with E-state index in [1.54, 1.807) is 6.08 Å². The number of ether oxygens (including phenoxy) is 1. The Labute approximate surface area is 228 Å². The Kier molecular flexibility index (Phi) is 8.77. The van der Waals surface area contributed by atoms with Crippen LogP contribution in [0.15, 0.2) is 80.7 Å². The average molecular weight is 635 g/mol. The van der Waals surface area contributed by atoms with Gasteiger partial charge < -0.3 is 10.1 Å². The quantitative estimate of drug-likeness (QED) is 0.150. The molecule has 7 nitrogen and oxygen atoms in total. The summed E-state index contributed by atoms with van der Waals surface area (Å²) in [7, 11) is 0. The third-order valence-corrected chi connectivity index (χ3v) is 7.55. The van der Waals surface area contributed by atoms with Crippen molar-refractivity contribution in [3.05, 3.63) is 81.3 Å². The maximum atomic E-state index is 12.6. The zero-order chi connectivity index (χ0) is 24.8. The molecule has 11 heteroatoms. The van der Waals surface area contributed by atoms with Gasteiger partial charge in [-0.1, -0.05) is 61.8 Å². The van der Waals surface area contributed by atoms with Crippen LogP contribution in [-0.2, 0) is 11.3 Å². The minimum Gasteiger partial charge on any atom is -0.483 e. The molecule has 0 aliphatic carbocycles. The molecular formula is C24H21Br2N5O2S2. The molecule has 0 radical (unpaired) electrons. The van der Waals surface area contributed by atoms with Crippen LogP contribution in [0, 0.1) is 0 Å². The van der Waals surface area contributed by atoms with Gasteiger partial charge in [0.1, 0.15) is 5.75 Å². The molecule has 4 aromatic rings. The van der Waals surface area contributed by atoms with E-state index >= 15 is 0 Å². The van der Waals surface area contributed by atoms with Crippen molar-refractivity contribution in [1.82, 2.24) is 19.7 Å². The summed E-state index contributed by atoms with van der Waals surface area (Å²) in [6.07, 6.45) is 1.43. The number of thiazole rings is 1. The molecule has 35 heavy (non-hydrogen) atoms. The number of allylic oxidation sites excluding steroid dienone is 1. The number of rotatable bonds is 10. The van der Waals surface area contributed by atoms with Crippen LogP contribution in [0.1, 0.15) is 18.9 Å². The molecule has 1 N–H and O–H groups in total. The lowest BCUT2D eigenvalue weighted by Crippen LogP contribution is -2.15. The second kappa shape index (κ2) is 12.0. The summed E-state index contributed by atoms with van der Waals surface area (Å²) in [5.41, 5.74) is 1.81. The van der Waals surface area contributed by atoms with Crippen LogP contribution in [0.25, 0.3) is 11.3 Å². The van der Waals surface area contributed by atoms with Gasteiger partial charge in [0, 0.05) is 26.4 Å². The smallest absolute Gasteiger partial charge is 0.236 e. The second-order valence-corrected chi connectivity index (χ2v) is 11.0. The van der Waals surface area contributed by atoms with E-state index in [4.69, 9.17) is 4.74 Å². The van der Waals surface area contributed by atoms with E-state index in [1.807, 2.05) is 65.4 Å². The minimum absolute atomic E-state index is 0.166. The standard InChI is InChI=1S/C24H21Br2N5O2S2/c1-3-12-31-22(15(2)33-19-10-8-18(26)9-11-19)29-30-24(31)35-14-21(32)28-23-27-20(13-34-23)16-4-6-17(25)7-5-16/h3-11,13,15H,1,12,14H2,2H3,(H,27,28,32). The van der Waals surface area contributed by atoms with E-state index in [9.17, 15) is 4.79 Å². The fraction of sp³-hybridized carbons (Fsp3) is 0.167. The summed E-state index contributed by atoms with van der Waals surface area (Å²) in [5, 5.41) is 14.6. The highest BCUT2D eigenvalue weighted by atomic mass is 79.9. The maximum Gasteiger partial charge on any atom is 0.236 e. The topological polar surface area (TPSA) is 81.9 Å². The third kappa shape index (κ3) is 6.81. The van der Waals surface area contributed by atoms with Crippen LogP contribution in [0.3, 0.4) is 0 Å². The van der Waals surface area contributed by atoms with E-state index in [0.717, 1.165) is 26.0 Å². The number of halogens is 2. The van der Waals surface area contributed by atoms with Gasteiger partial charge in [0.2, 0.25) is 5.91 Å². The van der Waals surface area contributed by atoms with Gasteiger partial charge in [0.25, 0.3) is 0 Å². The molecule has 0 saturated heterocycles. The Hall–Kier alpha value is -2.47. The summed E-state index contributed by atoms with van der Waals surface area (Å²) in [6, 6.07) is 15.5. The molecular weight excluding hydrogens is 614 g/mol. The molecule has 2 heterocycles. The van der Waals surface area contributed by atoms with E-state index in [-0.39, 0.29) is 17.8 Å². The van der Waals surface area contributed by atoms with Crippen LogP contribution >= 0.6 is 55.0 Å². The van der Waals surface area contributed by atoms with Crippen molar-refractivity contribution in [3.63, 3.8) is 0 Å². The Morgan fingerprint density at radius 1 is 1.17 bits per heavy atom. The fourth-order valence-electron chi connectivity index (χ4n) is 3.15. The van der Waals surface area contributed by atoms with Gasteiger partial charge in [-0.3, -0.25) is 9.36 Å². The summed E-state index contributed by atoms with van der Waals surface area (Å²) >= 11 is 9.55. The Balaban J connectivity index is 1.38. The van der Waals surface area contributed by atoms with Crippen molar-refractivity contribution in [2.24, 2.45) is 0 Å². The molecule has 2 aromatic heterocycles. The number of nitrogens with one attached hydrogen (secondary N) is 1. The van der Waals surface area contributed by atoms with Crippen LogP contribution in [0.4, 0.5) is 5.13 Å². The molecule has 1 unspecified atom stereocenters. The molecule has 2 aromatic carbocycles. The van der Waals surface area contributed by atoms with Crippen molar-refractivity contribution in [2.45, 2.75) is 24.7 Å². The van der Waals surface area contributed by atoms with Gasteiger partial charge in [0.15, 0.2) is 22.2 Å². The zero-order valence-corrected chi connectivity index (χ0v) is 23.5. The number of thioether (sulfide) groups is 1. The summed E-state index contributed by atoms with van der Waals surface area (Å²) in [6.45, 7) is 6.25. The van der Waals surface area contributed by atoms with E-state index in [2.05, 4.69) is 58.9 Å². The van der Waals surface area contributed by atoms with Gasteiger partial charge >= 0.3 is 0 Å². The molecule has 1 atom stereocenters. The lowest BCUT2D eigenvalue weighted by Gasteiger charge is -2.15. The number of carbonyl (C=O) groups excluding carboxylic acids is 1. The van der Waals surface area contributed by atoms with Crippen molar-refractivity contribution in [2.75, 3.05) is 11.1 Å². The van der Waals surface area contributed by atoms with Crippen LogP contribution in [0.5, 0.6) is 5.75 Å². The first-order valence-corrected chi connectivity index (χ1v) is 14.0. The molecule has 0 aliphatic rings. The van der Waals surface area contributed by atoms with Crippen molar-refractivity contribution in [3.8, 4) is 17.0 Å². The van der Waals surface area contributed by atoms with Gasteiger partial charge in [0.05, 0.1) is 11.4 Å². The number of amides is 1. The molecule has 0 spiro atoms. The van der Waals surface area contributed by atoms with Gasteiger partial charge in [-0.25, -0.2) is 4.98 Å². The van der Waals surface area contributed by atoms with Crippen molar-refractivity contribution >= 4 is 66.0 Å². The minimum atomic E-state index is -0.334. The maximum absolute atomic E-state index is 12.6. The van der Waals surface area contributed by atoms with E-state index < -0.39 is 0 Å². The summed E-state index contributed by atoms with van der Waals surface area (Å²) in [4.78, 5) is 17.1. The Morgan fingerprint density at radius 3 is 2.54 bits per heavy atom. The van der Waals surface area contributed by atoms with Crippen molar-refractivity contribution < 1.29 is 9.53 Å². The summed E-state index contributed by atoms with van der Waals surface area (Å²) < 4.78 is 9.92. The number of hydrogen-bond donors (Lipinski definition) is 1. The van der Waals surface area contributed by atoms with Gasteiger partial charge in [-0.15, -0.1) is 28.1 Å². The monoisotopic (exact) mass is 633 g/mol.